The molecule has 1 fully saturated rings. The number of hydrogen-bond acceptors (Lipinski definition) is 3. The molecule has 5 rings (SSSR count). The summed E-state index contributed by atoms with van der Waals surface area (Å²) in [5.41, 5.74) is 2.73. The van der Waals surface area contributed by atoms with Crippen LogP contribution in [0.1, 0.15) is 21.3 Å². The van der Waals surface area contributed by atoms with Crippen molar-refractivity contribution >= 4 is 45.7 Å². The minimum atomic E-state index is -0.377. The summed E-state index contributed by atoms with van der Waals surface area (Å²) in [6.45, 7) is 0. The molecule has 1 aliphatic rings. The van der Waals surface area contributed by atoms with Gasteiger partial charge in [0, 0.05) is 16.9 Å². The third-order valence-electron chi connectivity index (χ3n) is 5.44. The van der Waals surface area contributed by atoms with Crippen LogP contribution >= 0.6 is 11.8 Å². The number of rotatable bonds is 4. The fourth-order valence-electron chi connectivity index (χ4n) is 3.93. The van der Waals surface area contributed by atoms with E-state index in [-0.39, 0.29) is 23.0 Å². The zero-order valence-electron chi connectivity index (χ0n) is 17.0. The molecule has 1 N–H and O–H groups in total. The van der Waals surface area contributed by atoms with Gasteiger partial charge in [0.2, 0.25) is 5.91 Å². The van der Waals surface area contributed by atoms with E-state index < -0.39 is 0 Å². The van der Waals surface area contributed by atoms with Gasteiger partial charge >= 0.3 is 0 Å². The minimum absolute atomic E-state index is 0.0565. The van der Waals surface area contributed by atoms with Crippen LogP contribution in [0.4, 0.5) is 15.8 Å². The number of benzene rings is 4. The van der Waals surface area contributed by atoms with Crippen molar-refractivity contribution < 1.29 is 14.0 Å². The lowest BCUT2D eigenvalue weighted by Gasteiger charge is -2.24. The second-order valence-corrected chi connectivity index (χ2v) is 8.58. The smallest absolute Gasteiger partial charge is 0.256 e. The first kappa shape index (κ1) is 20.3. The number of fused-ring (bicyclic) bond motifs is 1. The molecular formula is C26H19FN2O2S. The molecule has 0 radical (unpaired) electrons. The summed E-state index contributed by atoms with van der Waals surface area (Å²) in [4.78, 5) is 27.0. The molecule has 0 aromatic heterocycles. The van der Waals surface area contributed by atoms with E-state index in [1.807, 2.05) is 66.7 Å². The predicted molar refractivity (Wildman–Crippen MR) is 127 cm³/mol. The van der Waals surface area contributed by atoms with Crippen molar-refractivity contribution in [3.8, 4) is 0 Å². The van der Waals surface area contributed by atoms with Crippen molar-refractivity contribution in [1.29, 1.82) is 0 Å². The molecule has 0 aliphatic carbocycles. The number of carbonyl (C=O) groups excluding carboxylic acids is 2. The molecule has 1 aliphatic heterocycles. The van der Waals surface area contributed by atoms with Crippen molar-refractivity contribution in [3.63, 3.8) is 0 Å². The van der Waals surface area contributed by atoms with Crippen molar-refractivity contribution in [1.82, 2.24) is 0 Å². The topological polar surface area (TPSA) is 49.4 Å². The molecule has 1 atom stereocenters. The van der Waals surface area contributed by atoms with Gasteiger partial charge in [-0.15, -0.1) is 11.8 Å². The average Bonchev–Trinajstić information content (AvgIpc) is 3.20. The monoisotopic (exact) mass is 442 g/mol. The summed E-state index contributed by atoms with van der Waals surface area (Å²) < 4.78 is 13.7. The highest BCUT2D eigenvalue weighted by Crippen LogP contribution is 2.42. The van der Waals surface area contributed by atoms with Gasteiger partial charge in [0.15, 0.2) is 0 Å². The Kier molecular flexibility index (Phi) is 5.37. The third-order valence-corrected chi connectivity index (χ3v) is 6.65. The third kappa shape index (κ3) is 3.85. The highest BCUT2D eigenvalue weighted by molar-refractivity contribution is 8.00. The molecule has 1 saturated heterocycles. The van der Waals surface area contributed by atoms with Crippen LogP contribution in [-0.2, 0) is 4.79 Å². The number of nitrogens with one attached hydrogen (secondary N) is 1. The maximum absolute atomic E-state index is 13.7. The lowest BCUT2D eigenvalue weighted by Crippen LogP contribution is -2.27. The number of nitrogens with zero attached hydrogens (tertiary/aromatic N) is 1. The van der Waals surface area contributed by atoms with E-state index >= 15 is 0 Å². The van der Waals surface area contributed by atoms with Gasteiger partial charge in [-0.3, -0.25) is 14.5 Å². The highest BCUT2D eigenvalue weighted by atomic mass is 32.2. The lowest BCUT2D eigenvalue weighted by atomic mass is 10.0. The molecule has 2 amide bonds. The molecule has 1 heterocycles. The quantitative estimate of drug-likeness (QED) is 0.421. The SMILES string of the molecule is O=C(Nc1ccc([C@@H]2SCC(=O)N2c2cccc(F)c2)cc1)c1cccc2ccccc12. The summed E-state index contributed by atoms with van der Waals surface area (Å²) in [5.74, 6) is -0.279. The molecule has 6 heteroatoms. The van der Waals surface area contributed by atoms with E-state index in [0.29, 0.717) is 22.7 Å². The Bertz CT molecular complexity index is 1320. The number of thioether (sulfide) groups is 1. The fraction of sp³-hybridized carbons (Fsp3) is 0.0769. The van der Waals surface area contributed by atoms with Crippen LogP contribution in [0.2, 0.25) is 0 Å². The van der Waals surface area contributed by atoms with E-state index in [2.05, 4.69) is 5.32 Å². The van der Waals surface area contributed by atoms with E-state index in [4.69, 9.17) is 0 Å². The molecule has 0 bridgehead atoms. The molecule has 4 aromatic carbocycles. The molecule has 4 nitrogen and oxygen atoms in total. The number of carbonyl (C=O) groups is 2. The van der Waals surface area contributed by atoms with Gasteiger partial charge in [-0.25, -0.2) is 4.39 Å². The van der Waals surface area contributed by atoms with E-state index in [0.717, 1.165) is 16.3 Å². The molecule has 4 aromatic rings. The number of anilines is 2. The fourth-order valence-corrected chi connectivity index (χ4v) is 5.11. The second kappa shape index (κ2) is 8.48. The van der Waals surface area contributed by atoms with Crippen molar-refractivity contribution in [2.24, 2.45) is 0 Å². The minimum Gasteiger partial charge on any atom is -0.322 e. The Morgan fingerprint density at radius 2 is 1.69 bits per heavy atom. The summed E-state index contributed by atoms with van der Waals surface area (Å²) >= 11 is 1.50. The van der Waals surface area contributed by atoms with Gasteiger partial charge in [-0.05, 0) is 52.7 Å². The summed E-state index contributed by atoms with van der Waals surface area (Å²) in [5, 5.41) is 4.62. The van der Waals surface area contributed by atoms with Crippen LogP contribution in [0.5, 0.6) is 0 Å². The first-order chi connectivity index (χ1) is 15.6. The number of hydrogen-bond donors (Lipinski definition) is 1. The van der Waals surface area contributed by atoms with Gasteiger partial charge < -0.3 is 5.32 Å². The maximum atomic E-state index is 13.7. The van der Waals surface area contributed by atoms with E-state index in [9.17, 15) is 14.0 Å². The normalized spacial score (nSPS) is 15.8. The molecule has 0 unspecified atom stereocenters. The largest absolute Gasteiger partial charge is 0.322 e. The van der Waals surface area contributed by atoms with Gasteiger partial charge in [0.05, 0.1) is 5.75 Å². The van der Waals surface area contributed by atoms with Crippen LogP contribution in [0.3, 0.4) is 0 Å². The molecular weight excluding hydrogens is 423 g/mol. The van der Waals surface area contributed by atoms with Crippen LogP contribution in [0.15, 0.2) is 91.0 Å². The Balaban J connectivity index is 1.37. The average molecular weight is 443 g/mol. The van der Waals surface area contributed by atoms with Crippen LogP contribution < -0.4 is 10.2 Å². The van der Waals surface area contributed by atoms with Gasteiger partial charge in [0.25, 0.3) is 5.91 Å². The van der Waals surface area contributed by atoms with E-state index in [1.165, 1.54) is 23.9 Å². The Hall–Kier alpha value is -3.64. The van der Waals surface area contributed by atoms with E-state index in [1.54, 1.807) is 17.0 Å². The van der Waals surface area contributed by atoms with Gasteiger partial charge in [-0.1, -0.05) is 54.6 Å². The van der Waals surface area contributed by atoms with Crippen LogP contribution in [0.25, 0.3) is 10.8 Å². The summed E-state index contributed by atoms with van der Waals surface area (Å²) in [6.07, 6.45) is 0. The Morgan fingerprint density at radius 1 is 0.938 bits per heavy atom. The van der Waals surface area contributed by atoms with Crippen molar-refractivity contribution in [3.05, 3.63) is 108 Å². The standard InChI is InChI=1S/C26H19FN2O2S/c27-19-7-4-8-21(15-19)29-24(30)16-32-26(29)18-11-13-20(14-12-18)28-25(31)23-10-3-6-17-5-1-2-9-22(17)23/h1-15,26H,16H2,(H,28,31)/t26-/m0/s1. The maximum Gasteiger partial charge on any atom is 0.256 e. The first-order valence-corrected chi connectivity index (χ1v) is 11.2. The molecule has 158 valence electrons. The van der Waals surface area contributed by atoms with Crippen LogP contribution in [-0.4, -0.2) is 17.6 Å². The van der Waals surface area contributed by atoms with Crippen LogP contribution in [0, 0.1) is 5.82 Å². The zero-order valence-corrected chi connectivity index (χ0v) is 17.8. The highest BCUT2D eigenvalue weighted by Gasteiger charge is 2.34. The molecule has 32 heavy (non-hydrogen) atoms. The zero-order chi connectivity index (χ0) is 22.1. The summed E-state index contributed by atoms with van der Waals surface area (Å²) in [6, 6.07) is 26.9. The second-order valence-electron chi connectivity index (χ2n) is 7.51. The Labute approximate surface area is 189 Å². The lowest BCUT2D eigenvalue weighted by molar-refractivity contribution is -0.115. The molecule has 0 spiro atoms. The Morgan fingerprint density at radius 3 is 2.50 bits per heavy atom. The van der Waals surface area contributed by atoms with Gasteiger partial charge in [-0.2, -0.15) is 0 Å². The van der Waals surface area contributed by atoms with Crippen molar-refractivity contribution in [2.45, 2.75) is 5.37 Å². The van der Waals surface area contributed by atoms with Crippen molar-refractivity contribution in [2.75, 3.05) is 16.0 Å². The number of amides is 2. The first-order valence-electron chi connectivity index (χ1n) is 10.2. The number of halogens is 1. The van der Waals surface area contributed by atoms with Gasteiger partial charge in [0.1, 0.15) is 11.2 Å². The molecule has 0 saturated carbocycles. The summed E-state index contributed by atoms with van der Waals surface area (Å²) in [7, 11) is 0. The predicted octanol–water partition coefficient (Wildman–Crippen LogP) is 6.01.